The van der Waals surface area contributed by atoms with Crippen LogP contribution in [-0.4, -0.2) is 56.5 Å². The largest absolute Gasteiger partial charge is 0.454 e. The second-order valence-electron chi connectivity index (χ2n) is 5.10. The summed E-state index contributed by atoms with van der Waals surface area (Å²) in [6.07, 6.45) is -11.0. The summed E-state index contributed by atoms with van der Waals surface area (Å²) in [6.45, 7) is -0.347. The van der Waals surface area contributed by atoms with Crippen molar-refractivity contribution in [2.75, 3.05) is 13.7 Å². The van der Waals surface area contributed by atoms with Crippen LogP contribution < -0.4 is 0 Å². The fourth-order valence-corrected chi connectivity index (χ4v) is 3.10. The van der Waals surface area contributed by atoms with Gasteiger partial charge in [0.05, 0.1) is 10.6 Å². The Bertz CT molecular complexity index is 852. The third kappa shape index (κ3) is 3.48. The quantitative estimate of drug-likeness (QED) is 0.723. The van der Waals surface area contributed by atoms with Gasteiger partial charge < -0.3 is 4.74 Å². The van der Waals surface area contributed by atoms with Gasteiger partial charge in [0.15, 0.2) is 6.61 Å². The van der Waals surface area contributed by atoms with Crippen molar-refractivity contribution >= 4 is 27.5 Å². The van der Waals surface area contributed by atoms with E-state index >= 15 is 0 Å². The average Bonchev–Trinajstić information content (AvgIpc) is 2.85. The van der Waals surface area contributed by atoms with E-state index in [9.17, 15) is 39.6 Å². The van der Waals surface area contributed by atoms with Crippen molar-refractivity contribution in [3.63, 3.8) is 0 Å². The molecular formula is C13H10F6N2O4S. The van der Waals surface area contributed by atoms with Gasteiger partial charge >= 0.3 is 11.4 Å². The highest BCUT2D eigenvalue weighted by atomic mass is 32.2. The minimum absolute atomic E-state index is 0.269. The first-order chi connectivity index (χ1) is 11.8. The lowest BCUT2D eigenvalue weighted by molar-refractivity contribution is -0.221. The highest BCUT2D eigenvalue weighted by molar-refractivity contribution is 7.92. The number of carbonyl (C=O) groups is 1. The van der Waals surface area contributed by atoms with Crippen molar-refractivity contribution < 1.29 is 44.3 Å². The van der Waals surface area contributed by atoms with E-state index in [4.69, 9.17) is 4.74 Å². The lowest BCUT2D eigenvalue weighted by Crippen LogP contribution is -2.47. The van der Waals surface area contributed by atoms with Gasteiger partial charge in [-0.25, -0.2) is 12.8 Å². The fourth-order valence-electron chi connectivity index (χ4n) is 1.85. The first-order valence-corrected chi connectivity index (χ1v) is 8.18. The molecular weight excluding hydrogens is 394 g/mol. The third-order valence-corrected chi connectivity index (χ3v) is 5.08. The molecule has 0 aliphatic carbocycles. The van der Waals surface area contributed by atoms with E-state index in [2.05, 4.69) is 4.99 Å². The van der Waals surface area contributed by atoms with Crippen LogP contribution in [0.5, 0.6) is 0 Å². The Morgan fingerprint density at radius 2 is 1.85 bits per heavy atom. The molecule has 1 aromatic rings. The molecule has 1 heterocycles. The topological polar surface area (TPSA) is 76.0 Å². The number of ether oxygens (including phenoxy) is 1. The summed E-state index contributed by atoms with van der Waals surface area (Å²) < 4.78 is 105. The molecule has 1 aromatic carbocycles. The molecule has 1 saturated heterocycles. The third-order valence-electron chi connectivity index (χ3n) is 3.28. The number of amides is 1. The Morgan fingerprint density at radius 3 is 2.35 bits per heavy atom. The highest BCUT2D eigenvalue weighted by Crippen LogP contribution is 2.41. The molecule has 1 fully saturated rings. The van der Waals surface area contributed by atoms with Crippen molar-refractivity contribution in [2.24, 2.45) is 4.99 Å². The van der Waals surface area contributed by atoms with Crippen LogP contribution in [-0.2, 0) is 19.4 Å². The molecule has 0 saturated carbocycles. The molecule has 0 bridgehead atoms. The Balaban J connectivity index is 2.43. The van der Waals surface area contributed by atoms with Crippen molar-refractivity contribution in [3.8, 4) is 0 Å². The van der Waals surface area contributed by atoms with Gasteiger partial charge in [-0.15, -0.1) is 0 Å². The number of rotatable bonds is 4. The summed E-state index contributed by atoms with van der Waals surface area (Å²) in [7, 11) is -4.74. The van der Waals surface area contributed by atoms with Crippen LogP contribution in [0.1, 0.15) is 0 Å². The number of sulfone groups is 1. The average molecular weight is 404 g/mol. The number of hydrogen-bond acceptors (Lipinski definition) is 5. The van der Waals surface area contributed by atoms with E-state index in [1.54, 1.807) is 0 Å². The molecule has 0 N–H and O–H groups in total. The zero-order chi connectivity index (χ0) is 19.9. The fraction of sp³-hybridized carbons (Fsp3) is 0.385. The molecule has 1 aliphatic heterocycles. The molecule has 6 nitrogen and oxygen atoms in total. The maximum atomic E-state index is 13.6. The highest BCUT2D eigenvalue weighted by Gasteiger charge is 2.64. The second-order valence-corrected chi connectivity index (χ2v) is 7.13. The van der Waals surface area contributed by atoms with Gasteiger partial charge in [-0.2, -0.15) is 26.9 Å². The van der Waals surface area contributed by atoms with E-state index in [0.717, 1.165) is 17.0 Å². The first-order valence-electron chi connectivity index (χ1n) is 6.70. The number of aliphatic imine (C=N–C) groups is 1. The summed E-state index contributed by atoms with van der Waals surface area (Å²) in [6, 6.07) is 2.86. The summed E-state index contributed by atoms with van der Waals surface area (Å²) in [5, 5.41) is -5.74. The zero-order valence-corrected chi connectivity index (χ0v) is 13.6. The van der Waals surface area contributed by atoms with Crippen LogP contribution in [0.3, 0.4) is 0 Å². The minimum atomic E-state index is -6.07. The summed E-state index contributed by atoms with van der Waals surface area (Å²) in [4.78, 5) is 14.7. The molecule has 1 atom stereocenters. The summed E-state index contributed by atoms with van der Waals surface area (Å²) in [5.41, 5.74) is -0.305. The number of hydrogen-bond donors (Lipinski definition) is 0. The van der Waals surface area contributed by atoms with Gasteiger partial charge in [0.25, 0.3) is 18.1 Å². The standard InChI is InChI=1S/C13H10F6N2O4S/c1-21-9(22)6-25-11(21)20-7-3-2-4-8(5-7)26(23,24)13(18,19)10(14)12(15,16)17/h2-5,10H,6H2,1H3. The molecule has 26 heavy (non-hydrogen) atoms. The van der Waals surface area contributed by atoms with Crippen LogP contribution >= 0.6 is 0 Å². The van der Waals surface area contributed by atoms with Crippen molar-refractivity contribution in [1.29, 1.82) is 0 Å². The van der Waals surface area contributed by atoms with E-state index in [1.807, 2.05) is 0 Å². The van der Waals surface area contributed by atoms with Gasteiger partial charge in [0.2, 0.25) is 9.84 Å². The molecule has 0 aromatic heterocycles. The van der Waals surface area contributed by atoms with Gasteiger partial charge in [0, 0.05) is 7.05 Å². The van der Waals surface area contributed by atoms with Crippen LogP contribution in [0.4, 0.5) is 32.0 Å². The van der Waals surface area contributed by atoms with Crippen LogP contribution in [0.15, 0.2) is 34.2 Å². The van der Waals surface area contributed by atoms with E-state index < -0.39 is 38.2 Å². The molecule has 144 valence electrons. The van der Waals surface area contributed by atoms with Gasteiger partial charge in [-0.05, 0) is 18.2 Å². The normalized spacial score (nSPS) is 19.0. The molecule has 0 radical (unpaired) electrons. The Kier molecular flexibility index (Phi) is 4.96. The van der Waals surface area contributed by atoms with Gasteiger partial charge in [-0.3, -0.25) is 9.69 Å². The summed E-state index contributed by atoms with van der Waals surface area (Å²) >= 11 is 0. The number of alkyl halides is 6. The number of halogens is 6. The van der Waals surface area contributed by atoms with Crippen LogP contribution in [0.25, 0.3) is 0 Å². The number of carbonyl (C=O) groups excluding carboxylic acids is 1. The van der Waals surface area contributed by atoms with Gasteiger partial charge in [0.1, 0.15) is 0 Å². The lowest BCUT2D eigenvalue weighted by Gasteiger charge is -2.22. The summed E-state index contributed by atoms with van der Waals surface area (Å²) in [5.74, 6) is -0.482. The van der Waals surface area contributed by atoms with Crippen molar-refractivity contribution in [2.45, 2.75) is 22.5 Å². The van der Waals surface area contributed by atoms with Gasteiger partial charge in [-0.1, -0.05) is 6.07 Å². The second kappa shape index (κ2) is 6.45. The molecule has 1 aliphatic rings. The van der Waals surface area contributed by atoms with Crippen LogP contribution in [0.2, 0.25) is 0 Å². The zero-order valence-electron chi connectivity index (χ0n) is 12.8. The monoisotopic (exact) mass is 404 g/mol. The minimum Gasteiger partial charge on any atom is -0.454 e. The molecule has 13 heteroatoms. The Labute approximate surface area is 143 Å². The first kappa shape index (κ1) is 20.0. The Hall–Kier alpha value is -2.31. The molecule has 1 amide bonds. The molecule has 0 spiro atoms. The van der Waals surface area contributed by atoms with E-state index in [0.29, 0.717) is 12.1 Å². The van der Waals surface area contributed by atoms with E-state index in [1.165, 1.54) is 7.05 Å². The smallest absolute Gasteiger partial charge is 0.426 e. The number of benzene rings is 1. The van der Waals surface area contributed by atoms with E-state index in [-0.39, 0.29) is 18.3 Å². The molecule has 1 unspecified atom stereocenters. The predicted octanol–water partition coefficient (Wildman–Crippen LogP) is 2.43. The lowest BCUT2D eigenvalue weighted by atomic mass is 10.3. The SMILES string of the molecule is CN1C(=O)COC1=Nc1cccc(S(=O)(=O)C(F)(F)C(F)C(F)(F)F)c1. The van der Waals surface area contributed by atoms with Crippen molar-refractivity contribution in [1.82, 2.24) is 4.90 Å². The Morgan fingerprint density at radius 1 is 1.23 bits per heavy atom. The maximum absolute atomic E-state index is 13.6. The van der Waals surface area contributed by atoms with Crippen molar-refractivity contribution in [3.05, 3.63) is 24.3 Å². The molecule has 2 rings (SSSR count). The van der Waals surface area contributed by atoms with Crippen LogP contribution in [0, 0.1) is 0 Å². The predicted molar refractivity (Wildman–Crippen MR) is 75.3 cm³/mol. The number of amidine groups is 1. The number of nitrogens with zero attached hydrogens (tertiary/aromatic N) is 2. The number of likely N-dealkylation sites (N-methyl/N-ethyl adjacent to an activating group) is 1. The maximum Gasteiger partial charge on any atom is 0.426 e.